The maximum atomic E-state index is 12.4. The van der Waals surface area contributed by atoms with Crippen LogP contribution in [0.1, 0.15) is 22.8 Å². The van der Waals surface area contributed by atoms with E-state index in [2.05, 4.69) is 0 Å². The van der Waals surface area contributed by atoms with E-state index in [9.17, 15) is 9.90 Å². The summed E-state index contributed by atoms with van der Waals surface area (Å²) in [5, 5.41) is 9.61. The van der Waals surface area contributed by atoms with Gasteiger partial charge in [-0.2, -0.15) is 0 Å². The Morgan fingerprint density at radius 3 is 2.78 bits per heavy atom. The van der Waals surface area contributed by atoms with Crippen LogP contribution < -0.4 is 14.2 Å². The van der Waals surface area contributed by atoms with E-state index in [-0.39, 0.29) is 17.3 Å². The van der Waals surface area contributed by atoms with Gasteiger partial charge in [0, 0.05) is 6.07 Å². The van der Waals surface area contributed by atoms with Crippen LogP contribution in [0.3, 0.4) is 0 Å². The van der Waals surface area contributed by atoms with E-state index in [1.165, 1.54) is 13.2 Å². The minimum Gasteiger partial charge on any atom is -0.504 e. The number of rotatable bonds is 4. The standard InChI is InChI=1S/C18H16O5/c1-3-22-12-5-6-13-15(10-12)23-17(18(13)20)9-11-4-7-14(19)16(8-11)21-2/h4-10,19H,3H2,1-2H3/b17-9-. The molecular formula is C18H16O5. The van der Waals surface area contributed by atoms with Gasteiger partial charge in [-0.3, -0.25) is 4.79 Å². The van der Waals surface area contributed by atoms with Crippen molar-refractivity contribution in [3.8, 4) is 23.0 Å². The highest BCUT2D eigenvalue weighted by Gasteiger charge is 2.27. The number of Topliss-reactive ketones (excluding diaryl/α,β-unsaturated/α-hetero) is 1. The largest absolute Gasteiger partial charge is 0.504 e. The van der Waals surface area contributed by atoms with Crippen LogP contribution in [0.4, 0.5) is 0 Å². The van der Waals surface area contributed by atoms with E-state index in [0.29, 0.717) is 35.0 Å². The molecule has 1 heterocycles. The number of aromatic hydroxyl groups is 1. The van der Waals surface area contributed by atoms with Gasteiger partial charge in [-0.1, -0.05) is 6.07 Å². The molecule has 5 heteroatoms. The molecule has 3 rings (SSSR count). The number of phenolic OH excluding ortho intramolecular Hbond substituents is 1. The lowest BCUT2D eigenvalue weighted by molar-refractivity contribution is 0.101. The molecule has 1 N–H and O–H groups in total. The number of fused-ring (bicyclic) bond motifs is 1. The van der Waals surface area contributed by atoms with Crippen LogP contribution in [0.15, 0.2) is 42.2 Å². The topological polar surface area (TPSA) is 65.0 Å². The number of hydrogen-bond donors (Lipinski definition) is 1. The predicted octanol–water partition coefficient (Wildman–Crippen LogP) is 3.42. The van der Waals surface area contributed by atoms with Crippen molar-refractivity contribution in [2.45, 2.75) is 6.92 Å². The molecular weight excluding hydrogens is 296 g/mol. The lowest BCUT2D eigenvalue weighted by Crippen LogP contribution is -1.98. The highest BCUT2D eigenvalue weighted by Crippen LogP contribution is 2.35. The molecule has 0 fully saturated rings. The summed E-state index contributed by atoms with van der Waals surface area (Å²) in [6.07, 6.45) is 1.62. The number of hydrogen-bond acceptors (Lipinski definition) is 5. The molecule has 0 aliphatic carbocycles. The zero-order valence-corrected chi connectivity index (χ0v) is 12.8. The van der Waals surface area contributed by atoms with Gasteiger partial charge in [0.1, 0.15) is 11.5 Å². The number of carbonyl (C=O) groups is 1. The Hall–Kier alpha value is -2.95. The van der Waals surface area contributed by atoms with Crippen molar-refractivity contribution in [2.75, 3.05) is 13.7 Å². The second-order valence-electron chi connectivity index (χ2n) is 4.96. The van der Waals surface area contributed by atoms with Crippen LogP contribution in [-0.2, 0) is 0 Å². The summed E-state index contributed by atoms with van der Waals surface area (Å²) in [6.45, 7) is 2.44. The summed E-state index contributed by atoms with van der Waals surface area (Å²) in [7, 11) is 1.47. The maximum absolute atomic E-state index is 12.4. The van der Waals surface area contributed by atoms with Crippen molar-refractivity contribution < 1.29 is 24.1 Å². The number of carbonyl (C=O) groups excluding carboxylic acids is 1. The monoisotopic (exact) mass is 312 g/mol. The average molecular weight is 312 g/mol. The first-order valence-corrected chi connectivity index (χ1v) is 7.20. The smallest absolute Gasteiger partial charge is 0.231 e. The highest BCUT2D eigenvalue weighted by atomic mass is 16.5. The Kier molecular flexibility index (Phi) is 3.93. The van der Waals surface area contributed by atoms with E-state index in [1.807, 2.05) is 6.92 Å². The van der Waals surface area contributed by atoms with Crippen molar-refractivity contribution >= 4 is 11.9 Å². The number of ether oxygens (including phenoxy) is 3. The van der Waals surface area contributed by atoms with Crippen LogP contribution in [0.25, 0.3) is 6.08 Å². The summed E-state index contributed by atoms with van der Waals surface area (Å²) in [5.74, 6) is 1.56. The second-order valence-corrected chi connectivity index (χ2v) is 4.96. The fourth-order valence-corrected chi connectivity index (χ4v) is 2.36. The summed E-state index contributed by atoms with van der Waals surface area (Å²) < 4.78 is 16.1. The Morgan fingerprint density at radius 2 is 2.04 bits per heavy atom. The number of benzene rings is 2. The van der Waals surface area contributed by atoms with E-state index in [4.69, 9.17) is 14.2 Å². The van der Waals surface area contributed by atoms with Gasteiger partial charge in [-0.05, 0) is 42.8 Å². The Balaban J connectivity index is 1.92. The van der Waals surface area contributed by atoms with E-state index < -0.39 is 0 Å². The van der Waals surface area contributed by atoms with Crippen molar-refractivity contribution in [1.82, 2.24) is 0 Å². The lowest BCUT2D eigenvalue weighted by atomic mass is 10.1. The lowest BCUT2D eigenvalue weighted by Gasteiger charge is -2.05. The van der Waals surface area contributed by atoms with Gasteiger partial charge in [0.25, 0.3) is 0 Å². The molecule has 0 saturated heterocycles. The molecule has 118 valence electrons. The predicted molar refractivity (Wildman–Crippen MR) is 85.2 cm³/mol. The van der Waals surface area contributed by atoms with E-state index in [1.54, 1.807) is 36.4 Å². The molecule has 0 bridgehead atoms. The summed E-state index contributed by atoms with van der Waals surface area (Å²) >= 11 is 0. The number of phenols is 1. The SMILES string of the molecule is CCOc1ccc2c(c1)O/C(=C\c1ccc(O)c(OC)c1)C2=O. The van der Waals surface area contributed by atoms with E-state index >= 15 is 0 Å². The Labute approximate surface area is 133 Å². The van der Waals surface area contributed by atoms with Gasteiger partial charge >= 0.3 is 0 Å². The van der Waals surface area contributed by atoms with Crippen molar-refractivity contribution in [3.63, 3.8) is 0 Å². The molecule has 0 spiro atoms. The molecule has 2 aromatic rings. The van der Waals surface area contributed by atoms with Crippen LogP contribution in [-0.4, -0.2) is 24.6 Å². The molecule has 0 radical (unpaired) electrons. The normalized spacial score (nSPS) is 14.5. The fraction of sp³-hybridized carbons (Fsp3) is 0.167. The van der Waals surface area contributed by atoms with Gasteiger partial charge in [-0.25, -0.2) is 0 Å². The zero-order valence-electron chi connectivity index (χ0n) is 12.8. The molecule has 1 aliphatic rings. The minimum atomic E-state index is -0.185. The molecule has 2 aromatic carbocycles. The van der Waals surface area contributed by atoms with Crippen LogP contribution >= 0.6 is 0 Å². The van der Waals surface area contributed by atoms with Gasteiger partial charge < -0.3 is 19.3 Å². The van der Waals surface area contributed by atoms with Crippen molar-refractivity contribution in [2.24, 2.45) is 0 Å². The average Bonchev–Trinajstić information content (AvgIpc) is 2.85. The Morgan fingerprint density at radius 1 is 1.22 bits per heavy atom. The highest BCUT2D eigenvalue weighted by molar-refractivity contribution is 6.14. The van der Waals surface area contributed by atoms with Crippen LogP contribution in [0.2, 0.25) is 0 Å². The first kappa shape index (κ1) is 15.0. The van der Waals surface area contributed by atoms with Crippen molar-refractivity contribution in [1.29, 1.82) is 0 Å². The molecule has 23 heavy (non-hydrogen) atoms. The first-order chi connectivity index (χ1) is 11.1. The maximum Gasteiger partial charge on any atom is 0.231 e. The Bertz CT molecular complexity index is 792. The second kappa shape index (κ2) is 6.04. The number of ketones is 1. The third kappa shape index (κ3) is 2.85. The molecule has 5 nitrogen and oxygen atoms in total. The number of methoxy groups -OCH3 is 1. The molecule has 0 atom stereocenters. The van der Waals surface area contributed by atoms with Crippen LogP contribution in [0.5, 0.6) is 23.0 Å². The third-order valence-corrected chi connectivity index (χ3v) is 3.45. The van der Waals surface area contributed by atoms with Crippen LogP contribution in [0, 0.1) is 0 Å². The summed E-state index contributed by atoms with van der Waals surface area (Å²) in [5.41, 5.74) is 1.20. The van der Waals surface area contributed by atoms with Gasteiger partial charge in [-0.15, -0.1) is 0 Å². The fourth-order valence-electron chi connectivity index (χ4n) is 2.36. The van der Waals surface area contributed by atoms with Gasteiger partial charge in [0.2, 0.25) is 5.78 Å². The summed E-state index contributed by atoms with van der Waals surface area (Å²) in [4.78, 5) is 12.4. The summed E-state index contributed by atoms with van der Waals surface area (Å²) in [6, 6.07) is 9.96. The van der Waals surface area contributed by atoms with E-state index in [0.717, 1.165) is 0 Å². The molecule has 0 saturated carbocycles. The quantitative estimate of drug-likeness (QED) is 0.876. The number of allylic oxidation sites excluding steroid dienone is 1. The molecule has 0 amide bonds. The molecule has 1 aliphatic heterocycles. The van der Waals surface area contributed by atoms with Gasteiger partial charge in [0.15, 0.2) is 17.3 Å². The third-order valence-electron chi connectivity index (χ3n) is 3.45. The molecule has 0 unspecified atom stereocenters. The molecule has 0 aromatic heterocycles. The first-order valence-electron chi connectivity index (χ1n) is 7.20. The zero-order chi connectivity index (χ0) is 16.4. The minimum absolute atomic E-state index is 0.0398. The van der Waals surface area contributed by atoms with Crippen molar-refractivity contribution in [3.05, 3.63) is 53.3 Å². The van der Waals surface area contributed by atoms with Gasteiger partial charge in [0.05, 0.1) is 19.3 Å².